The Morgan fingerprint density at radius 1 is 0.568 bits per heavy atom. The van der Waals surface area contributed by atoms with E-state index in [9.17, 15) is 44.1 Å². The summed E-state index contributed by atoms with van der Waals surface area (Å²) in [6.07, 6.45) is 5.37. The summed E-state index contributed by atoms with van der Waals surface area (Å²) in [5.41, 5.74) is 7.96. The van der Waals surface area contributed by atoms with Crippen molar-refractivity contribution in [2.45, 2.75) is 81.3 Å². The topological polar surface area (TPSA) is 277 Å². The second-order valence-electron chi connectivity index (χ2n) is 22.7. The average molecular weight is 1200 g/mol. The zero-order chi connectivity index (χ0) is 62.2. The minimum Gasteiger partial charge on any atom is -0.371 e. The highest BCUT2D eigenvalue weighted by atomic mass is 16.6. The highest BCUT2D eigenvalue weighted by Crippen LogP contribution is 2.44. The standard InChI is InChI=1S/C23H27N3O2.C21H23N5O4.C21H22N4O5/c1-2-21(27)16-18-8-10-19(11-9-18)25-14-12-23(13-15-25)22(28)24-17-26(23)20-6-4-3-5-7-20;1-24(30)17-9-5-8-16(19(27)23-29)18(17)25-12-10-21(11-13-25)20(28)22-14-26(21)15-6-3-2-4-7-15;26-19-8-11-24(16-4-2-1-3-5-16)21(19)9-12-23(13-10-21)17-7-6-15(20(27)22-28)14-18(17)25(29)30/h3-11H,2,12-17H2,1H3,(H,24,28);2-9H,1,10-14H2,(H3-,22,23,27,28,29,30);1-7,14,28H,8-13H2,(H,22,27)/p+1. The number of Topliss-reactive ketones (excluding diaryl/α,β-unsaturated/α-hetero) is 2. The van der Waals surface area contributed by atoms with E-state index in [0.717, 1.165) is 60.3 Å². The fraction of sp³-hybridized carbons (Fsp3) is 0.338. The molecule has 0 atom stereocenters. The maximum Gasteiger partial charge on any atom is 0.293 e. The van der Waals surface area contributed by atoms with E-state index in [1.54, 1.807) is 23.7 Å². The fourth-order valence-electron chi connectivity index (χ4n) is 13.4. The Hall–Kier alpha value is -9.87. The van der Waals surface area contributed by atoms with Crippen LogP contribution in [0, 0.1) is 10.1 Å². The van der Waals surface area contributed by atoms with Gasteiger partial charge in [0.05, 0.1) is 23.8 Å². The summed E-state index contributed by atoms with van der Waals surface area (Å²) in [6, 6.07) is 47.1. The first-order valence-corrected chi connectivity index (χ1v) is 29.6. The van der Waals surface area contributed by atoms with Crippen LogP contribution < -0.4 is 51.0 Å². The lowest BCUT2D eigenvalue weighted by Crippen LogP contribution is -2.56. The molecule has 0 radical (unpaired) electrons. The van der Waals surface area contributed by atoms with Gasteiger partial charge in [0, 0.05) is 110 Å². The monoisotopic (exact) mass is 1200 g/mol. The van der Waals surface area contributed by atoms with Crippen LogP contribution in [0.25, 0.3) is 0 Å². The van der Waals surface area contributed by atoms with E-state index in [1.165, 1.54) is 17.6 Å². The van der Waals surface area contributed by atoms with Gasteiger partial charge in [-0.25, -0.2) is 11.0 Å². The third-order valence-electron chi connectivity index (χ3n) is 18.2. The van der Waals surface area contributed by atoms with Crippen LogP contribution in [0.1, 0.15) is 84.6 Å². The lowest BCUT2D eigenvalue weighted by Gasteiger charge is -2.45. The van der Waals surface area contributed by atoms with Gasteiger partial charge >= 0.3 is 0 Å². The number of amides is 4. The number of rotatable bonds is 13. The van der Waals surface area contributed by atoms with Gasteiger partial charge < -0.3 is 40.0 Å². The molecule has 3 spiro atoms. The van der Waals surface area contributed by atoms with Crippen molar-refractivity contribution in [3.05, 3.63) is 178 Å². The molecule has 458 valence electrons. The van der Waals surface area contributed by atoms with Gasteiger partial charge in [0.1, 0.15) is 33.8 Å². The summed E-state index contributed by atoms with van der Waals surface area (Å²) in [5, 5.41) is 45.5. The number of nitrogens with one attached hydrogen (secondary N) is 4. The molecule has 23 nitrogen and oxygen atoms in total. The molecule has 6 aliphatic rings. The van der Waals surface area contributed by atoms with Gasteiger partial charge in [-0.05, 0) is 111 Å². The van der Waals surface area contributed by atoms with Gasteiger partial charge in [0.15, 0.2) is 12.5 Å². The van der Waals surface area contributed by atoms with Crippen molar-refractivity contribution in [3.8, 4) is 0 Å². The first-order chi connectivity index (χ1) is 42.6. The normalized spacial score (nSPS) is 18.0. The average Bonchev–Trinajstić information content (AvgIpc) is 2.04. The number of nitrogens with zero attached hydrogens (tertiary/aromatic N) is 8. The van der Waals surface area contributed by atoms with Gasteiger partial charge in [-0.3, -0.25) is 54.5 Å². The summed E-state index contributed by atoms with van der Waals surface area (Å²) in [7, 11) is 0. The Bertz CT molecular complexity index is 3540. The maximum atomic E-state index is 12.9. The zero-order valence-electron chi connectivity index (χ0n) is 49.1. The number of benzene rings is 6. The number of piperidine rings is 3. The van der Waals surface area contributed by atoms with Crippen molar-refractivity contribution in [2.24, 2.45) is 0 Å². The van der Waals surface area contributed by atoms with Crippen molar-refractivity contribution in [1.82, 2.24) is 21.6 Å². The molecule has 6 heterocycles. The van der Waals surface area contributed by atoms with Crippen LogP contribution in [0.3, 0.4) is 0 Å². The predicted molar refractivity (Wildman–Crippen MR) is 332 cm³/mol. The van der Waals surface area contributed by atoms with Crippen LogP contribution in [0.2, 0.25) is 0 Å². The van der Waals surface area contributed by atoms with Gasteiger partial charge in [-0.2, -0.15) is 0 Å². The molecule has 0 saturated carbocycles. The maximum absolute atomic E-state index is 12.9. The number of carbonyl (C=O) groups is 6. The molecule has 0 aliphatic carbocycles. The summed E-state index contributed by atoms with van der Waals surface area (Å²) < 4.78 is 0.701. The fourth-order valence-corrected chi connectivity index (χ4v) is 13.4. The number of ketones is 2. The summed E-state index contributed by atoms with van der Waals surface area (Å²) in [6.45, 7) is 10.7. The molecule has 6 aliphatic heterocycles. The number of anilines is 6. The number of para-hydroxylation sites is 4. The van der Waals surface area contributed by atoms with E-state index >= 15 is 0 Å². The van der Waals surface area contributed by atoms with Crippen LogP contribution in [-0.4, -0.2) is 143 Å². The highest BCUT2D eigenvalue weighted by Gasteiger charge is 2.53. The van der Waals surface area contributed by atoms with E-state index < -0.39 is 33.4 Å². The molecule has 0 bridgehead atoms. The smallest absolute Gasteiger partial charge is 0.293 e. The molecule has 6 aromatic carbocycles. The van der Waals surface area contributed by atoms with E-state index in [2.05, 4.69) is 61.2 Å². The Balaban J connectivity index is 0.000000146. The molecule has 88 heavy (non-hydrogen) atoms. The van der Waals surface area contributed by atoms with Crippen LogP contribution in [-0.2, 0) is 25.6 Å². The Kier molecular flexibility index (Phi) is 18.4. The number of carbonyl (C=O) groups excluding carboxylic acids is 6. The molecular formula is C65H73N12O11+. The quantitative estimate of drug-likeness (QED) is 0.0151. The lowest BCUT2D eigenvalue weighted by molar-refractivity contribution is -0.706. The van der Waals surface area contributed by atoms with Crippen molar-refractivity contribution in [2.75, 3.05) is 88.6 Å². The molecular weight excluding hydrogens is 1120 g/mol. The van der Waals surface area contributed by atoms with E-state index in [0.29, 0.717) is 113 Å². The molecule has 12 rings (SSSR count). The molecule has 7 N–H and O–H groups in total. The van der Waals surface area contributed by atoms with Gasteiger partial charge in [0.25, 0.3) is 23.2 Å². The Morgan fingerprint density at radius 3 is 1.55 bits per heavy atom. The first kappa shape index (κ1) is 61.2. The van der Waals surface area contributed by atoms with Crippen LogP contribution >= 0.6 is 0 Å². The third kappa shape index (κ3) is 12.1. The molecule has 6 fully saturated rings. The van der Waals surface area contributed by atoms with Crippen molar-refractivity contribution in [1.29, 1.82) is 0 Å². The molecule has 23 heteroatoms. The SMILES string of the molecule is C=[N+](O)c1cccc(C(=O)NO)c1N1CCC2(CC1)C(=O)NCN2c1ccccc1.CCC(=O)Cc1ccc(N2CCC3(CC2)C(=O)NCN3c2ccccc2)cc1.O=C(NO)c1ccc(N2CCC3(CC2)C(=O)CCN3c2ccccc2)c([N+](=O)[O-])c1. The highest BCUT2D eigenvalue weighted by molar-refractivity contribution is 6.02. The van der Waals surface area contributed by atoms with Crippen molar-refractivity contribution in [3.63, 3.8) is 0 Å². The Labute approximate surface area is 509 Å². The molecule has 0 unspecified atom stereocenters. The van der Waals surface area contributed by atoms with Gasteiger partial charge in [-0.15, -0.1) is 0 Å². The number of nitro benzene ring substituents is 1. The number of hydrogen-bond acceptors (Lipinski definition) is 17. The van der Waals surface area contributed by atoms with Crippen LogP contribution in [0.4, 0.5) is 45.5 Å². The molecule has 6 saturated heterocycles. The Morgan fingerprint density at radius 2 is 1.06 bits per heavy atom. The van der Waals surface area contributed by atoms with Gasteiger partial charge in [0.2, 0.25) is 11.8 Å². The van der Waals surface area contributed by atoms with Gasteiger partial charge in [-0.1, -0.05) is 79.7 Å². The van der Waals surface area contributed by atoms with Crippen LogP contribution in [0.15, 0.2) is 152 Å². The van der Waals surface area contributed by atoms with E-state index in [1.807, 2.05) is 108 Å². The summed E-state index contributed by atoms with van der Waals surface area (Å²) >= 11 is 0. The van der Waals surface area contributed by atoms with Crippen molar-refractivity contribution >= 4 is 87.4 Å². The molecule has 0 aromatic heterocycles. The molecule has 6 aromatic rings. The summed E-state index contributed by atoms with van der Waals surface area (Å²) in [5.74, 6) is -0.870. The minimum absolute atomic E-state index is 0.00246. The predicted octanol–water partition coefficient (Wildman–Crippen LogP) is 7.15. The van der Waals surface area contributed by atoms with E-state index in [-0.39, 0.29) is 40.2 Å². The van der Waals surface area contributed by atoms with Crippen LogP contribution in [0.5, 0.6) is 0 Å². The van der Waals surface area contributed by atoms with Crippen molar-refractivity contribution < 1.29 is 54.1 Å². The molecule has 4 amide bonds. The second kappa shape index (κ2) is 26.4. The third-order valence-corrected chi connectivity index (χ3v) is 18.2. The lowest BCUT2D eigenvalue weighted by atomic mass is 9.83. The largest absolute Gasteiger partial charge is 0.371 e. The summed E-state index contributed by atoms with van der Waals surface area (Å²) in [4.78, 5) is 97.6. The number of hydroxylamine groups is 2. The van der Waals surface area contributed by atoms with E-state index in [4.69, 9.17) is 10.4 Å². The number of nitro groups is 1. The number of hydrogen-bond donors (Lipinski definition) is 7. The minimum atomic E-state index is -0.808. The first-order valence-electron chi connectivity index (χ1n) is 29.6. The zero-order valence-corrected chi connectivity index (χ0v) is 49.1. The second-order valence-corrected chi connectivity index (χ2v) is 22.7.